The second kappa shape index (κ2) is 4.09. The van der Waals surface area contributed by atoms with Gasteiger partial charge in [0.25, 0.3) is 0 Å². The van der Waals surface area contributed by atoms with E-state index in [4.69, 9.17) is 17.3 Å². The van der Waals surface area contributed by atoms with Gasteiger partial charge in [0.15, 0.2) is 0 Å². The van der Waals surface area contributed by atoms with Crippen molar-refractivity contribution >= 4 is 17.5 Å². The molecule has 4 nitrogen and oxygen atoms in total. The van der Waals surface area contributed by atoms with Crippen LogP contribution in [0.3, 0.4) is 0 Å². The van der Waals surface area contributed by atoms with E-state index in [9.17, 15) is 18.3 Å². The Hall–Kier alpha value is -1.89. The van der Waals surface area contributed by atoms with E-state index in [1.165, 1.54) is 6.07 Å². The molecule has 0 saturated heterocycles. The molecule has 18 heavy (non-hydrogen) atoms. The van der Waals surface area contributed by atoms with Gasteiger partial charge in [-0.25, -0.2) is 0 Å². The maximum absolute atomic E-state index is 12.6. The van der Waals surface area contributed by atoms with Gasteiger partial charge in [-0.2, -0.15) is 13.2 Å². The van der Waals surface area contributed by atoms with Gasteiger partial charge in [-0.15, -0.1) is 0 Å². The number of anilines is 1. The molecule has 0 atom stereocenters. The van der Waals surface area contributed by atoms with E-state index in [0.717, 1.165) is 6.07 Å². The van der Waals surface area contributed by atoms with Gasteiger partial charge >= 0.3 is 6.18 Å². The molecule has 0 amide bonds. The number of nitrogen functional groups attached to an aromatic ring is 1. The van der Waals surface area contributed by atoms with Crippen molar-refractivity contribution < 1.29 is 22.8 Å². The van der Waals surface area contributed by atoms with E-state index in [2.05, 4.69) is 9.68 Å². The molecule has 1 aromatic carbocycles. The first-order valence-electron chi connectivity index (χ1n) is 4.61. The van der Waals surface area contributed by atoms with Crippen LogP contribution in [0.1, 0.15) is 5.56 Å². The number of halogens is 4. The topological polar surface area (TPSA) is 72.3 Å². The third kappa shape index (κ3) is 2.21. The quantitative estimate of drug-likeness (QED) is 0.839. The van der Waals surface area contributed by atoms with Gasteiger partial charge in [0.05, 0.1) is 10.6 Å². The SMILES string of the molecule is Nc1cc(-c2cc(C(F)(F)F)cc(Cl)c2O)no1. The van der Waals surface area contributed by atoms with Crippen LogP contribution < -0.4 is 5.73 Å². The summed E-state index contributed by atoms with van der Waals surface area (Å²) < 4.78 is 42.3. The Balaban J connectivity index is 2.63. The molecule has 1 heterocycles. The summed E-state index contributed by atoms with van der Waals surface area (Å²) in [5, 5.41) is 12.6. The molecule has 0 bridgehead atoms. The van der Waals surface area contributed by atoms with E-state index < -0.39 is 22.5 Å². The Labute approximate surface area is 104 Å². The lowest BCUT2D eigenvalue weighted by Gasteiger charge is -2.10. The van der Waals surface area contributed by atoms with Crippen LogP contribution in [0.15, 0.2) is 22.7 Å². The van der Waals surface area contributed by atoms with Crippen molar-refractivity contribution in [2.45, 2.75) is 6.18 Å². The molecule has 0 aliphatic carbocycles. The summed E-state index contributed by atoms with van der Waals surface area (Å²) in [7, 11) is 0. The summed E-state index contributed by atoms with van der Waals surface area (Å²) in [4.78, 5) is 0. The van der Waals surface area contributed by atoms with E-state index in [1.807, 2.05) is 0 Å². The molecule has 0 fully saturated rings. The number of aromatic nitrogens is 1. The molecule has 2 rings (SSSR count). The first-order chi connectivity index (χ1) is 8.29. The fraction of sp³-hybridized carbons (Fsp3) is 0.100. The highest BCUT2D eigenvalue weighted by Gasteiger charge is 2.32. The van der Waals surface area contributed by atoms with Crippen LogP contribution in [0.5, 0.6) is 5.75 Å². The highest BCUT2D eigenvalue weighted by molar-refractivity contribution is 6.32. The van der Waals surface area contributed by atoms with Crippen LogP contribution >= 0.6 is 11.6 Å². The molecule has 0 radical (unpaired) electrons. The Bertz CT molecular complexity index is 595. The Kier molecular flexibility index (Phi) is 2.86. The lowest BCUT2D eigenvalue weighted by molar-refractivity contribution is -0.137. The van der Waals surface area contributed by atoms with Gasteiger partial charge in [0, 0.05) is 11.6 Å². The molecule has 0 saturated carbocycles. The van der Waals surface area contributed by atoms with E-state index in [1.54, 1.807) is 0 Å². The molecule has 2 aromatic rings. The van der Waals surface area contributed by atoms with E-state index >= 15 is 0 Å². The van der Waals surface area contributed by atoms with Crippen molar-refractivity contribution in [1.29, 1.82) is 0 Å². The second-order valence-electron chi connectivity index (χ2n) is 3.47. The lowest BCUT2D eigenvalue weighted by atomic mass is 10.1. The number of aromatic hydroxyl groups is 1. The third-order valence-corrected chi connectivity index (χ3v) is 2.48. The number of hydrogen-bond donors (Lipinski definition) is 2. The van der Waals surface area contributed by atoms with Crippen molar-refractivity contribution in [2.24, 2.45) is 0 Å². The van der Waals surface area contributed by atoms with Crippen molar-refractivity contribution in [3.05, 3.63) is 28.8 Å². The summed E-state index contributed by atoms with van der Waals surface area (Å²) in [6, 6.07) is 2.54. The monoisotopic (exact) mass is 278 g/mol. The van der Waals surface area contributed by atoms with Gasteiger partial charge < -0.3 is 15.4 Å². The number of phenols is 1. The second-order valence-corrected chi connectivity index (χ2v) is 3.87. The first kappa shape index (κ1) is 12.6. The number of nitrogens with two attached hydrogens (primary N) is 1. The first-order valence-corrected chi connectivity index (χ1v) is 4.99. The highest BCUT2D eigenvalue weighted by atomic mass is 35.5. The van der Waals surface area contributed by atoms with Crippen molar-refractivity contribution in [3.63, 3.8) is 0 Å². The zero-order valence-corrected chi connectivity index (χ0v) is 9.38. The molecule has 0 unspecified atom stereocenters. The van der Waals surface area contributed by atoms with E-state index in [0.29, 0.717) is 6.07 Å². The summed E-state index contributed by atoms with van der Waals surface area (Å²) in [5.74, 6) is -0.601. The fourth-order valence-corrected chi connectivity index (χ4v) is 1.59. The Morgan fingerprint density at radius 2 is 1.94 bits per heavy atom. The minimum atomic E-state index is -4.58. The molecule has 0 aliphatic rings. The molecule has 8 heteroatoms. The van der Waals surface area contributed by atoms with Crippen LogP contribution in [0.25, 0.3) is 11.3 Å². The number of nitrogens with zero attached hydrogens (tertiary/aromatic N) is 1. The predicted molar refractivity (Wildman–Crippen MR) is 58.0 cm³/mol. The minimum Gasteiger partial charge on any atom is -0.506 e. The Morgan fingerprint density at radius 3 is 2.44 bits per heavy atom. The summed E-state index contributed by atoms with van der Waals surface area (Å²) in [6.07, 6.45) is -4.58. The van der Waals surface area contributed by atoms with Crippen molar-refractivity contribution in [3.8, 4) is 17.0 Å². The number of hydrogen-bond acceptors (Lipinski definition) is 4. The predicted octanol–water partition coefficient (Wildman–Crippen LogP) is 3.30. The molecule has 1 aromatic heterocycles. The zero-order valence-electron chi connectivity index (χ0n) is 8.62. The van der Waals surface area contributed by atoms with Crippen molar-refractivity contribution in [1.82, 2.24) is 5.16 Å². The summed E-state index contributed by atoms with van der Waals surface area (Å²) in [6.45, 7) is 0. The van der Waals surface area contributed by atoms with Gasteiger partial charge in [0.1, 0.15) is 11.4 Å². The smallest absolute Gasteiger partial charge is 0.416 e. The molecular weight excluding hydrogens is 273 g/mol. The van der Waals surface area contributed by atoms with Crippen LogP contribution in [0.4, 0.5) is 19.1 Å². The van der Waals surface area contributed by atoms with Crippen LogP contribution in [0, 0.1) is 0 Å². The molecular formula is C10H6ClF3N2O2. The van der Waals surface area contributed by atoms with Crippen LogP contribution in [0.2, 0.25) is 5.02 Å². The third-order valence-electron chi connectivity index (χ3n) is 2.20. The molecule has 3 N–H and O–H groups in total. The maximum Gasteiger partial charge on any atom is 0.416 e. The summed E-state index contributed by atoms with van der Waals surface area (Å²) >= 11 is 5.54. The van der Waals surface area contributed by atoms with Gasteiger partial charge in [-0.05, 0) is 12.1 Å². The van der Waals surface area contributed by atoms with E-state index in [-0.39, 0.29) is 17.1 Å². The maximum atomic E-state index is 12.6. The lowest BCUT2D eigenvalue weighted by Crippen LogP contribution is -2.05. The summed E-state index contributed by atoms with van der Waals surface area (Å²) in [5.41, 5.74) is 4.04. The highest BCUT2D eigenvalue weighted by Crippen LogP contribution is 2.41. The molecule has 0 aliphatic heterocycles. The number of benzene rings is 1. The normalized spacial score (nSPS) is 11.8. The molecule has 0 spiro atoms. The average Bonchev–Trinajstić information content (AvgIpc) is 2.67. The van der Waals surface area contributed by atoms with Gasteiger partial charge in [-0.3, -0.25) is 0 Å². The minimum absolute atomic E-state index is 0.0296. The average molecular weight is 279 g/mol. The number of rotatable bonds is 1. The van der Waals surface area contributed by atoms with Crippen LogP contribution in [-0.4, -0.2) is 10.3 Å². The van der Waals surface area contributed by atoms with Gasteiger partial charge in [0.2, 0.25) is 5.88 Å². The van der Waals surface area contributed by atoms with Crippen molar-refractivity contribution in [2.75, 3.05) is 5.73 Å². The zero-order chi connectivity index (χ0) is 13.5. The largest absolute Gasteiger partial charge is 0.506 e. The molecule has 96 valence electrons. The number of alkyl halides is 3. The van der Waals surface area contributed by atoms with Gasteiger partial charge in [-0.1, -0.05) is 16.8 Å². The fourth-order valence-electron chi connectivity index (χ4n) is 1.37. The Morgan fingerprint density at radius 1 is 1.28 bits per heavy atom. The number of phenolic OH excluding ortho intramolecular Hbond substituents is 1. The van der Waals surface area contributed by atoms with Crippen LogP contribution in [-0.2, 0) is 6.18 Å². The standard InChI is InChI=1S/C10H6ClF3N2O2/c11-6-2-4(10(12,13)14)1-5(9(6)17)7-3-8(15)18-16-7/h1-3,17H,15H2.